The van der Waals surface area contributed by atoms with Gasteiger partial charge in [-0.1, -0.05) is 68.7 Å². The summed E-state index contributed by atoms with van der Waals surface area (Å²) < 4.78 is 11.9. The first kappa shape index (κ1) is 41.2. The molecule has 1 aliphatic heterocycles. The van der Waals surface area contributed by atoms with Crippen LogP contribution < -0.4 is 0 Å². The SMILES string of the molecule is CC[C@H](C)[C@@H]([C@@H](CC(=O)N1CCC[C@H]1[C@H](OC)[C@@H](C)C(=O)C(C)(CC)CC)OC)N(C)C(=O)[C@H](C)CC(=O)[C@H](C(C)C)N(C)C. The summed E-state index contributed by atoms with van der Waals surface area (Å²) in [7, 11) is 8.79. The summed E-state index contributed by atoms with van der Waals surface area (Å²) in [6.45, 7) is 18.7. The number of nitrogens with zero attached hydrogens (tertiary/aromatic N) is 3. The molecule has 1 saturated heterocycles. The van der Waals surface area contributed by atoms with Crippen LogP contribution in [0.25, 0.3) is 0 Å². The van der Waals surface area contributed by atoms with Gasteiger partial charge in [0.1, 0.15) is 5.78 Å². The summed E-state index contributed by atoms with van der Waals surface area (Å²) in [5.74, 6) is -0.576. The van der Waals surface area contributed by atoms with Crippen molar-refractivity contribution in [2.24, 2.45) is 29.1 Å². The van der Waals surface area contributed by atoms with Gasteiger partial charge < -0.3 is 19.3 Å². The summed E-state index contributed by atoms with van der Waals surface area (Å²) in [6, 6.07) is -0.798. The molecule has 1 heterocycles. The lowest BCUT2D eigenvalue weighted by atomic mass is 9.73. The molecule has 9 nitrogen and oxygen atoms in total. The molecule has 262 valence electrons. The highest BCUT2D eigenvalue weighted by Crippen LogP contribution is 2.35. The molecule has 0 radical (unpaired) electrons. The third-order valence-corrected chi connectivity index (χ3v) is 10.9. The monoisotopic (exact) mass is 638 g/mol. The Kier molecular flexibility index (Phi) is 16.9. The normalized spacial score (nSPS) is 20.4. The van der Waals surface area contributed by atoms with Crippen LogP contribution >= 0.6 is 0 Å². The van der Waals surface area contributed by atoms with Crippen LogP contribution in [-0.2, 0) is 28.7 Å². The molecule has 0 aromatic carbocycles. The Morgan fingerprint density at radius 3 is 1.93 bits per heavy atom. The summed E-state index contributed by atoms with van der Waals surface area (Å²) in [6.07, 6.45) is 3.29. The van der Waals surface area contributed by atoms with Gasteiger partial charge in [-0.3, -0.25) is 24.1 Å². The first-order valence-corrected chi connectivity index (χ1v) is 17.3. The zero-order valence-electron chi connectivity index (χ0n) is 31.1. The van der Waals surface area contributed by atoms with E-state index in [0.717, 1.165) is 32.1 Å². The van der Waals surface area contributed by atoms with E-state index in [1.807, 2.05) is 72.4 Å². The Hall–Kier alpha value is -1.84. The zero-order chi connectivity index (χ0) is 34.8. The third kappa shape index (κ3) is 10.1. The molecule has 0 aromatic rings. The van der Waals surface area contributed by atoms with E-state index in [1.165, 1.54) is 0 Å². The van der Waals surface area contributed by atoms with Crippen LogP contribution in [0.3, 0.4) is 0 Å². The van der Waals surface area contributed by atoms with Gasteiger partial charge in [0.2, 0.25) is 11.8 Å². The highest BCUT2D eigenvalue weighted by molar-refractivity contribution is 5.90. The van der Waals surface area contributed by atoms with E-state index in [9.17, 15) is 19.2 Å². The van der Waals surface area contributed by atoms with Crippen molar-refractivity contribution in [3.63, 3.8) is 0 Å². The highest BCUT2D eigenvalue weighted by Gasteiger charge is 2.44. The number of methoxy groups -OCH3 is 2. The fourth-order valence-electron chi connectivity index (χ4n) is 7.57. The summed E-state index contributed by atoms with van der Waals surface area (Å²) in [5, 5.41) is 0. The average molecular weight is 638 g/mol. The van der Waals surface area contributed by atoms with E-state index >= 15 is 0 Å². The Balaban J connectivity index is 3.20. The largest absolute Gasteiger partial charge is 0.379 e. The number of ether oxygens (including phenoxy) is 2. The lowest BCUT2D eigenvalue weighted by molar-refractivity contribution is -0.148. The van der Waals surface area contributed by atoms with Crippen molar-refractivity contribution in [2.45, 2.75) is 138 Å². The minimum absolute atomic E-state index is 0.0528. The second kappa shape index (κ2) is 18.5. The van der Waals surface area contributed by atoms with Gasteiger partial charge in [-0.25, -0.2) is 0 Å². The number of hydrogen-bond donors (Lipinski definition) is 0. The van der Waals surface area contributed by atoms with E-state index in [2.05, 4.69) is 13.8 Å². The maximum absolute atomic E-state index is 14.0. The highest BCUT2D eigenvalue weighted by atomic mass is 16.5. The van der Waals surface area contributed by atoms with E-state index in [1.54, 1.807) is 26.2 Å². The number of carbonyl (C=O) groups excluding carboxylic acids is 4. The minimum atomic E-state index is -0.528. The van der Waals surface area contributed by atoms with Crippen LogP contribution in [0, 0.1) is 29.1 Å². The van der Waals surface area contributed by atoms with E-state index in [4.69, 9.17) is 9.47 Å². The van der Waals surface area contributed by atoms with Crippen LogP contribution in [0.4, 0.5) is 0 Å². The van der Waals surface area contributed by atoms with Gasteiger partial charge >= 0.3 is 0 Å². The molecule has 2 amide bonds. The van der Waals surface area contributed by atoms with Crippen LogP contribution in [-0.4, -0.2) is 110 Å². The number of amides is 2. The van der Waals surface area contributed by atoms with Gasteiger partial charge in [0.05, 0.1) is 36.8 Å². The number of likely N-dealkylation sites (tertiary alicyclic amines) is 1. The van der Waals surface area contributed by atoms with Gasteiger partial charge in [0.25, 0.3) is 0 Å². The fraction of sp³-hybridized carbons (Fsp3) is 0.889. The zero-order valence-corrected chi connectivity index (χ0v) is 31.1. The Labute approximate surface area is 275 Å². The van der Waals surface area contributed by atoms with Crippen molar-refractivity contribution in [3.8, 4) is 0 Å². The Bertz CT molecular complexity index is 956. The van der Waals surface area contributed by atoms with Crippen molar-refractivity contribution in [3.05, 3.63) is 0 Å². The summed E-state index contributed by atoms with van der Waals surface area (Å²) >= 11 is 0. The lowest BCUT2D eigenvalue weighted by Crippen LogP contribution is -2.54. The van der Waals surface area contributed by atoms with Gasteiger partial charge in [-0.2, -0.15) is 0 Å². The predicted molar refractivity (Wildman–Crippen MR) is 181 cm³/mol. The quantitative estimate of drug-likeness (QED) is 0.174. The number of rotatable bonds is 20. The number of hydrogen-bond acceptors (Lipinski definition) is 7. The minimum Gasteiger partial charge on any atom is -0.379 e. The molecule has 0 bridgehead atoms. The van der Waals surface area contributed by atoms with Crippen molar-refractivity contribution in [1.82, 2.24) is 14.7 Å². The number of ketones is 2. The molecule has 1 fully saturated rings. The van der Waals surface area contributed by atoms with Crippen LogP contribution in [0.5, 0.6) is 0 Å². The van der Waals surface area contributed by atoms with Gasteiger partial charge in [0, 0.05) is 51.5 Å². The molecule has 1 rings (SSSR count). The fourth-order valence-corrected chi connectivity index (χ4v) is 7.57. The molecular weight excluding hydrogens is 570 g/mol. The number of carbonyl (C=O) groups is 4. The summed E-state index contributed by atoms with van der Waals surface area (Å²) in [5.41, 5.74) is -0.421. The van der Waals surface area contributed by atoms with Crippen LogP contribution in [0.2, 0.25) is 0 Å². The molecule has 45 heavy (non-hydrogen) atoms. The summed E-state index contributed by atoms with van der Waals surface area (Å²) in [4.78, 5) is 60.0. The second-order valence-corrected chi connectivity index (χ2v) is 14.4. The standard InChI is InChI=1S/C36H67N3O6/c1-15-24(6)32(38(12)35(43)25(7)21-28(40)31(23(4)5)37(10)11)29(44-13)22-30(41)39-20-18-19-27(39)33(45-14)26(8)34(42)36(9,16-2)17-3/h23-27,29,31-33H,15-22H2,1-14H3/t24-,25+,26+,27-,29+,31-,32-,33+/m0/s1. The van der Waals surface area contributed by atoms with E-state index in [0.29, 0.717) is 6.54 Å². The molecular formula is C36H67N3O6. The molecule has 0 aromatic heterocycles. The molecule has 8 atom stereocenters. The maximum Gasteiger partial charge on any atom is 0.225 e. The third-order valence-electron chi connectivity index (χ3n) is 10.9. The van der Waals surface area contributed by atoms with Gasteiger partial charge in [-0.15, -0.1) is 0 Å². The predicted octanol–water partition coefficient (Wildman–Crippen LogP) is 5.48. The first-order chi connectivity index (χ1) is 21.0. The number of likely N-dealkylation sites (N-methyl/N-ethyl adjacent to an activating group) is 2. The number of Topliss-reactive ketones (excluding diaryl/α,β-unsaturated/α-hetero) is 2. The van der Waals surface area contributed by atoms with Crippen molar-refractivity contribution < 1.29 is 28.7 Å². The first-order valence-electron chi connectivity index (χ1n) is 17.3. The Morgan fingerprint density at radius 2 is 1.49 bits per heavy atom. The topological polar surface area (TPSA) is 96.5 Å². The van der Waals surface area contributed by atoms with E-state index in [-0.39, 0.29) is 72.1 Å². The maximum atomic E-state index is 14.0. The molecule has 0 unspecified atom stereocenters. The molecule has 0 N–H and O–H groups in total. The van der Waals surface area contributed by atoms with Gasteiger partial charge in [0.15, 0.2) is 5.78 Å². The van der Waals surface area contributed by atoms with Crippen molar-refractivity contribution in [2.75, 3.05) is 41.9 Å². The second-order valence-electron chi connectivity index (χ2n) is 14.4. The smallest absolute Gasteiger partial charge is 0.225 e. The molecule has 0 aliphatic carbocycles. The molecule has 9 heteroatoms. The van der Waals surface area contributed by atoms with Crippen LogP contribution in [0.1, 0.15) is 107 Å². The van der Waals surface area contributed by atoms with Crippen molar-refractivity contribution >= 4 is 23.4 Å². The Morgan fingerprint density at radius 1 is 0.911 bits per heavy atom. The lowest BCUT2D eigenvalue weighted by Gasteiger charge is -2.40. The van der Waals surface area contributed by atoms with Crippen LogP contribution in [0.15, 0.2) is 0 Å². The van der Waals surface area contributed by atoms with Gasteiger partial charge in [-0.05, 0) is 51.6 Å². The van der Waals surface area contributed by atoms with E-state index < -0.39 is 23.5 Å². The van der Waals surface area contributed by atoms with Crippen molar-refractivity contribution in [1.29, 1.82) is 0 Å². The molecule has 0 saturated carbocycles. The average Bonchev–Trinajstić information content (AvgIpc) is 3.48. The molecule has 0 spiro atoms. The molecule has 1 aliphatic rings.